The van der Waals surface area contributed by atoms with Crippen LogP contribution in [0.1, 0.15) is 10.4 Å². The average molecular weight is 384 g/mol. The molecule has 0 radical (unpaired) electrons. The van der Waals surface area contributed by atoms with Gasteiger partial charge in [-0.3, -0.25) is 4.79 Å². The highest BCUT2D eigenvalue weighted by Gasteiger charge is 2.22. The molecule has 1 amide bonds. The molecule has 5 heteroatoms. The second-order valence-electron chi connectivity index (χ2n) is 6.23. The number of benzene rings is 2. The number of thiophene rings is 1. The van der Waals surface area contributed by atoms with E-state index in [-0.39, 0.29) is 12.5 Å². The van der Waals surface area contributed by atoms with Crippen LogP contribution in [0.3, 0.4) is 0 Å². The predicted octanol–water partition coefficient (Wildman–Crippen LogP) is 5.03. The van der Waals surface area contributed by atoms with Crippen LogP contribution in [0.4, 0.5) is 0 Å². The van der Waals surface area contributed by atoms with Crippen molar-refractivity contribution in [1.29, 1.82) is 0 Å². The first kappa shape index (κ1) is 17.1. The molecule has 0 aliphatic carbocycles. The molecule has 0 spiro atoms. The van der Waals surface area contributed by atoms with E-state index in [1.54, 1.807) is 11.3 Å². The number of nitrogens with zero attached hydrogens (tertiary/aromatic N) is 1. The lowest BCUT2D eigenvalue weighted by Crippen LogP contribution is -2.38. The van der Waals surface area contributed by atoms with Crippen molar-refractivity contribution >= 4 is 28.8 Å². The molecule has 0 unspecified atom stereocenters. The van der Waals surface area contributed by atoms with E-state index < -0.39 is 0 Å². The molecule has 3 nitrogen and oxygen atoms in total. The molecule has 1 aromatic heterocycles. The van der Waals surface area contributed by atoms with Crippen LogP contribution in [0.15, 0.2) is 60.0 Å². The summed E-state index contributed by atoms with van der Waals surface area (Å²) < 4.78 is 5.69. The van der Waals surface area contributed by atoms with Gasteiger partial charge in [-0.25, -0.2) is 0 Å². The maximum Gasteiger partial charge on any atom is 0.260 e. The SMILES string of the molecule is O=C(COc1ccc(-c2ccccc2)cc1Cl)N1CCc2sccc2C1. The van der Waals surface area contributed by atoms with Crippen LogP contribution in [-0.2, 0) is 17.8 Å². The molecular weight excluding hydrogens is 366 g/mol. The zero-order valence-corrected chi connectivity index (χ0v) is 15.7. The molecule has 1 aliphatic heterocycles. The van der Waals surface area contributed by atoms with E-state index >= 15 is 0 Å². The minimum absolute atomic E-state index is 0.00384. The Morgan fingerprint density at radius 1 is 1.12 bits per heavy atom. The van der Waals surface area contributed by atoms with Gasteiger partial charge in [0.2, 0.25) is 0 Å². The van der Waals surface area contributed by atoms with Crippen LogP contribution in [0.25, 0.3) is 11.1 Å². The number of fused-ring (bicyclic) bond motifs is 1. The van der Waals surface area contributed by atoms with E-state index in [0.29, 0.717) is 17.3 Å². The highest BCUT2D eigenvalue weighted by molar-refractivity contribution is 7.10. The Bertz CT molecular complexity index is 923. The van der Waals surface area contributed by atoms with E-state index in [4.69, 9.17) is 16.3 Å². The van der Waals surface area contributed by atoms with Crippen LogP contribution in [0.2, 0.25) is 5.02 Å². The summed E-state index contributed by atoms with van der Waals surface area (Å²) in [7, 11) is 0. The van der Waals surface area contributed by atoms with Crippen molar-refractivity contribution < 1.29 is 9.53 Å². The third-order valence-corrected chi connectivity index (χ3v) is 5.87. The Labute approximate surface area is 161 Å². The largest absolute Gasteiger partial charge is 0.482 e. The van der Waals surface area contributed by atoms with Crippen LogP contribution < -0.4 is 4.74 Å². The van der Waals surface area contributed by atoms with Gasteiger partial charge in [-0.05, 0) is 46.7 Å². The molecule has 0 saturated heterocycles. The van der Waals surface area contributed by atoms with Gasteiger partial charge in [0.15, 0.2) is 6.61 Å². The highest BCUT2D eigenvalue weighted by Crippen LogP contribution is 2.30. The maximum atomic E-state index is 12.5. The van der Waals surface area contributed by atoms with Gasteiger partial charge >= 0.3 is 0 Å². The fourth-order valence-electron chi connectivity index (χ4n) is 3.12. The van der Waals surface area contributed by atoms with Crippen molar-refractivity contribution in [2.45, 2.75) is 13.0 Å². The Morgan fingerprint density at radius 2 is 1.96 bits per heavy atom. The number of hydrogen-bond acceptors (Lipinski definition) is 3. The molecule has 0 fully saturated rings. The topological polar surface area (TPSA) is 29.5 Å². The minimum atomic E-state index is -0.00921. The van der Waals surface area contributed by atoms with Gasteiger partial charge in [-0.1, -0.05) is 48.0 Å². The Balaban J connectivity index is 1.39. The Hall–Kier alpha value is -2.30. The van der Waals surface area contributed by atoms with E-state index in [0.717, 1.165) is 24.1 Å². The zero-order valence-electron chi connectivity index (χ0n) is 14.2. The summed E-state index contributed by atoms with van der Waals surface area (Å²) in [6.45, 7) is 1.42. The molecule has 0 atom stereocenters. The van der Waals surface area contributed by atoms with Gasteiger partial charge in [0, 0.05) is 18.0 Å². The molecule has 26 heavy (non-hydrogen) atoms. The van der Waals surface area contributed by atoms with Crippen molar-refractivity contribution in [1.82, 2.24) is 4.90 Å². The van der Waals surface area contributed by atoms with Crippen LogP contribution in [0.5, 0.6) is 5.75 Å². The number of ether oxygens (including phenoxy) is 1. The minimum Gasteiger partial charge on any atom is -0.482 e. The van der Waals surface area contributed by atoms with Gasteiger partial charge in [0.1, 0.15) is 5.75 Å². The summed E-state index contributed by atoms with van der Waals surface area (Å²) in [6, 6.07) is 17.8. The maximum absolute atomic E-state index is 12.5. The molecule has 0 N–H and O–H groups in total. The number of hydrogen-bond donors (Lipinski definition) is 0. The molecule has 0 saturated carbocycles. The highest BCUT2D eigenvalue weighted by atomic mass is 35.5. The third kappa shape index (κ3) is 3.62. The number of rotatable bonds is 4. The summed E-state index contributed by atoms with van der Waals surface area (Å²) >= 11 is 8.12. The molecule has 4 rings (SSSR count). The summed E-state index contributed by atoms with van der Waals surface area (Å²) in [5, 5.41) is 2.60. The molecule has 3 aromatic rings. The monoisotopic (exact) mass is 383 g/mol. The van der Waals surface area contributed by atoms with E-state index in [2.05, 4.69) is 11.4 Å². The van der Waals surface area contributed by atoms with Gasteiger partial charge < -0.3 is 9.64 Å². The predicted molar refractivity (Wildman–Crippen MR) is 106 cm³/mol. The van der Waals surface area contributed by atoms with E-state index in [1.165, 1.54) is 10.4 Å². The molecule has 2 aromatic carbocycles. The van der Waals surface area contributed by atoms with Gasteiger partial charge in [-0.2, -0.15) is 0 Å². The first-order chi connectivity index (χ1) is 12.7. The normalized spacial score (nSPS) is 13.3. The Morgan fingerprint density at radius 3 is 2.77 bits per heavy atom. The molecule has 1 aliphatic rings. The molecular formula is C21H18ClNO2S. The van der Waals surface area contributed by atoms with Crippen molar-refractivity contribution in [2.75, 3.05) is 13.2 Å². The molecule has 0 bridgehead atoms. The smallest absolute Gasteiger partial charge is 0.260 e. The fourth-order valence-corrected chi connectivity index (χ4v) is 4.24. The fraction of sp³-hybridized carbons (Fsp3) is 0.190. The van der Waals surface area contributed by atoms with Crippen LogP contribution in [0, 0.1) is 0 Å². The molecule has 132 valence electrons. The van der Waals surface area contributed by atoms with Gasteiger partial charge in [0.05, 0.1) is 5.02 Å². The second-order valence-corrected chi connectivity index (χ2v) is 7.64. The number of amides is 1. The standard InChI is InChI=1S/C21H18ClNO2S/c22-18-12-16(15-4-2-1-3-5-15)6-7-19(18)25-14-21(24)23-10-8-20-17(13-23)9-11-26-20/h1-7,9,11-12H,8,10,13-14H2. The Kier molecular flexibility index (Phi) is 4.96. The van der Waals surface area contributed by atoms with Crippen molar-refractivity contribution in [3.63, 3.8) is 0 Å². The first-order valence-corrected chi connectivity index (χ1v) is 9.77. The number of halogens is 1. The lowest BCUT2D eigenvalue weighted by Gasteiger charge is -2.27. The lowest BCUT2D eigenvalue weighted by atomic mass is 10.1. The average Bonchev–Trinajstić information content (AvgIpc) is 3.15. The first-order valence-electron chi connectivity index (χ1n) is 8.51. The van der Waals surface area contributed by atoms with Crippen molar-refractivity contribution in [2.24, 2.45) is 0 Å². The quantitative estimate of drug-likeness (QED) is 0.632. The lowest BCUT2D eigenvalue weighted by molar-refractivity contribution is -0.134. The summed E-state index contributed by atoms with van der Waals surface area (Å²) in [4.78, 5) is 15.7. The van der Waals surface area contributed by atoms with Gasteiger partial charge in [-0.15, -0.1) is 11.3 Å². The summed E-state index contributed by atoms with van der Waals surface area (Å²) in [5.41, 5.74) is 3.37. The number of carbonyl (C=O) groups is 1. The van der Waals surface area contributed by atoms with E-state index in [1.807, 2.05) is 53.4 Å². The van der Waals surface area contributed by atoms with Crippen LogP contribution in [-0.4, -0.2) is 24.0 Å². The van der Waals surface area contributed by atoms with Crippen LogP contribution >= 0.6 is 22.9 Å². The van der Waals surface area contributed by atoms with E-state index in [9.17, 15) is 4.79 Å². The number of carbonyl (C=O) groups excluding carboxylic acids is 1. The summed E-state index contributed by atoms with van der Waals surface area (Å²) in [5.74, 6) is 0.526. The van der Waals surface area contributed by atoms with Crippen molar-refractivity contribution in [3.8, 4) is 16.9 Å². The van der Waals surface area contributed by atoms with Gasteiger partial charge in [0.25, 0.3) is 5.91 Å². The van der Waals surface area contributed by atoms with Crippen molar-refractivity contribution in [3.05, 3.63) is 75.4 Å². The summed E-state index contributed by atoms with van der Waals surface area (Å²) in [6.07, 6.45) is 0.922. The third-order valence-electron chi connectivity index (χ3n) is 4.55. The molecule has 2 heterocycles. The zero-order chi connectivity index (χ0) is 17.9. The second kappa shape index (κ2) is 7.52.